The van der Waals surface area contributed by atoms with Crippen LogP contribution in [0.5, 0.6) is 0 Å². The molecule has 3 rings (SSSR count). The first-order chi connectivity index (χ1) is 14.2. The van der Waals surface area contributed by atoms with Crippen molar-refractivity contribution in [2.24, 2.45) is 0 Å². The van der Waals surface area contributed by atoms with E-state index in [0.717, 1.165) is 22.0 Å². The van der Waals surface area contributed by atoms with E-state index >= 15 is 0 Å². The number of benzene rings is 2. The van der Waals surface area contributed by atoms with Crippen molar-refractivity contribution in [2.45, 2.75) is 37.2 Å². The summed E-state index contributed by atoms with van der Waals surface area (Å²) in [6.45, 7) is 4.77. The van der Waals surface area contributed by atoms with E-state index in [1.165, 1.54) is 24.3 Å². The van der Waals surface area contributed by atoms with Gasteiger partial charge >= 0.3 is 11.9 Å². The Balaban J connectivity index is 2.19. The molecule has 2 atom stereocenters. The van der Waals surface area contributed by atoms with Crippen molar-refractivity contribution in [3.8, 4) is 0 Å². The Morgan fingerprint density at radius 2 is 1.47 bits per heavy atom. The Bertz CT molecular complexity index is 1030. The van der Waals surface area contributed by atoms with E-state index < -0.39 is 39.4 Å². The number of carbonyl (C=O) groups is 2. The van der Waals surface area contributed by atoms with Crippen molar-refractivity contribution in [3.63, 3.8) is 0 Å². The van der Waals surface area contributed by atoms with Gasteiger partial charge in [0, 0.05) is 0 Å². The maximum absolute atomic E-state index is 13.4. The second-order valence-corrected chi connectivity index (χ2v) is 8.59. The molecule has 160 valence electrons. The van der Waals surface area contributed by atoms with Crippen LogP contribution in [0.4, 0.5) is 4.39 Å². The molecule has 2 aromatic rings. The van der Waals surface area contributed by atoms with Crippen LogP contribution in [0.1, 0.15) is 31.0 Å². The number of ether oxygens (including phenoxy) is 2. The van der Waals surface area contributed by atoms with Crippen molar-refractivity contribution in [1.29, 1.82) is 0 Å². The van der Waals surface area contributed by atoms with Crippen LogP contribution in [0.2, 0.25) is 0 Å². The molecule has 9 heteroatoms. The molecule has 2 unspecified atom stereocenters. The fraction of sp³-hybridized carbons (Fsp3) is 0.333. The molecule has 0 saturated carbocycles. The SMILES string of the molecule is CCOC(=O)C1(C(=O)OCC)C(c2ccc(F)cc2)N1S(=O)(=O)c1ccc(C)cc1. The maximum Gasteiger partial charge on any atom is 0.341 e. The van der Waals surface area contributed by atoms with Crippen LogP contribution in [0.15, 0.2) is 53.4 Å². The quantitative estimate of drug-likeness (QED) is 0.377. The summed E-state index contributed by atoms with van der Waals surface area (Å²) in [6, 6.07) is 9.71. The lowest BCUT2D eigenvalue weighted by Gasteiger charge is -2.15. The molecule has 30 heavy (non-hydrogen) atoms. The van der Waals surface area contributed by atoms with Gasteiger partial charge in [0.2, 0.25) is 10.0 Å². The molecular weight excluding hydrogens is 413 g/mol. The average Bonchev–Trinajstić information content (AvgIpc) is 3.42. The maximum atomic E-state index is 13.4. The van der Waals surface area contributed by atoms with Crippen molar-refractivity contribution in [3.05, 3.63) is 65.5 Å². The van der Waals surface area contributed by atoms with Gasteiger partial charge in [0.1, 0.15) is 5.82 Å². The molecular formula is C21H22FNO6S. The highest BCUT2D eigenvalue weighted by molar-refractivity contribution is 7.89. The first kappa shape index (κ1) is 21.9. The smallest absolute Gasteiger partial charge is 0.341 e. The molecule has 1 aliphatic rings. The van der Waals surface area contributed by atoms with E-state index in [4.69, 9.17) is 9.47 Å². The van der Waals surface area contributed by atoms with E-state index in [2.05, 4.69) is 0 Å². The minimum Gasteiger partial charge on any atom is -0.464 e. The van der Waals surface area contributed by atoms with E-state index in [1.807, 2.05) is 0 Å². The molecule has 0 radical (unpaired) electrons. The van der Waals surface area contributed by atoms with E-state index in [0.29, 0.717) is 0 Å². The topological polar surface area (TPSA) is 89.8 Å². The highest BCUT2D eigenvalue weighted by atomic mass is 32.2. The second-order valence-electron chi connectivity index (χ2n) is 6.78. The summed E-state index contributed by atoms with van der Waals surface area (Å²) < 4.78 is 51.2. The molecule has 0 aromatic heterocycles. The lowest BCUT2D eigenvalue weighted by atomic mass is 9.99. The first-order valence-electron chi connectivity index (χ1n) is 9.42. The van der Waals surface area contributed by atoms with Gasteiger partial charge in [0.05, 0.1) is 24.2 Å². The van der Waals surface area contributed by atoms with Crippen LogP contribution in [0.25, 0.3) is 0 Å². The monoisotopic (exact) mass is 435 g/mol. The van der Waals surface area contributed by atoms with Gasteiger partial charge in [-0.1, -0.05) is 29.8 Å². The third-order valence-electron chi connectivity index (χ3n) is 4.85. The molecule has 0 aliphatic carbocycles. The minimum atomic E-state index is -4.29. The summed E-state index contributed by atoms with van der Waals surface area (Å²) in [4.78, 5) is 25.8. The van der Waals surface area contributed by atoms with Gasteiger partial charge in [0.15, 0.2) is 0 Å². The fourth-order valence-electron chi connectivity index (χ4n) is 3.41. The number of hydrogen-bond donors (Lipinski definition) is 0. The second kappa shape index (κ2) is 8.16. The average molecular weight is 435 g/mol. The molecule has 0 spiro atoms. The van der Waals surface area contributed by atoms with Gasteiger partial charge in [0.25, 0.3) is 5.54 Å². The number of nitrogens with zero attached hydrogens (tertiary/aromatic N) is 1. The third kappa shape index (κ3) is 3.48. The molecule has 1 fully saturated rings. The Morgan fingerprint density at radius 3 is 1.93 bits per heavy atom. The predicted octanol–water partition coefficient (Wildman–Crippen LogP) is 2.74. The van der Waals surface area contributed by atoms with Crippen LogP contribution in [0.3, 0.4) is 0 Å². The van der Waals surface area contributed by atoms with Crippen molar-refractivity contribution >= 4 is 22.0 Å². The van der Waals surface area contributed by atoms with Crippen LogP contribution in [0, 0.1) is 12.7 Å². The Hall–Kier alpha value is -2.78. The highest BCUT2D eigenvalue weighted by Crippen LogP contribution is 2.58. The van der Waals surface area contributed by atoms with Gasteiger partial charge in [-0.25, -0.2) is 22.4 Å². The summed E-state index contributed by atoms with van der Waals surface area (Å²) >= 11 is 0. The number of rotatable bonds is 7. The summed E-state index contributed by atoms with van der Waals surface area (Å²) in [5.74, 6) is -2.60. The van der Waals surface area contributed by atoms with Gasteiger partial charge < -0.3 is 9.47 Å². The molecule has 7 nitrogen and oxygen atoms in total. The molecule has 1 aliphatic heterocycles. The predicted molar refractivity (Wildman–Crippen MR) is 105 cm³/mol. The first-order valence-corrected chi connectivity index (χ1v) is 10.9. The highest BCUT2D eigenvalue weighted by Gasteiger charge is 2.80. The minimum absolute atomic E-state index is 0.0610. The van der Waals surface area contributed by atoms with Gasteiger partial charge in [-0.05, 0) is 50.6 Å². The lowest BCUT2D eigenvalue weighted by molar-refractivity contribution is -0.160. The van der Waals surface area contributed by atoms with Crippen LogP contribution in [-0.2, 0) is 29.1 Å². The zero-order valence-electron chi connectivity index (χ0n) is 16.8. The summed E-state index contributed by atoms with van der Waals surface area (Å²) in [7, 11) is -4.29. The molecule has 2 aromatic carbocycles. The van der Waals surface area contributed by atoms with E-state index in [-0.39, 0.29) is 23.7 Å². The Kier molecular flexibility index (Phi) is 5.96. The van der Waals surface area contributed by atoms with Crippen molar-refractivity contribution in [1.82, 2.24) is 4.31 Å². The number of carbonyl (C=O) groups excluding carboxylic acids is 2. The number of sulfonamides is 1. The van der Waals surface area contributed by atoms with E-state index in [9.17, 15) is 22.4 Å². The third-order valence-corrected chi connectivity index (χ3v) is 6.73. The number of esters is 2. The summed E-state index contributed by atoms with van der Waals surface area (Å²) in [5.41, 5.74) is -1.10. The van der Waals surface area contributed by atoms with Crippen LogP contribution < -0.4 is 0 Å². The molecule has 0 amide bonds. The number of aryl methyl sites for hydroxylation is 1. The Morgan fingerprint density at radius 1 is 0.967 bits per heavy atom. The van der Waals surface area contributed by atoms with Gasteiger partial charge in [-0.3, -0.25) is 0 Å². The number of halogens is 1. The van der Waals surface area contributed by atoms with Gasteiger partial charge in [-0.2, -0.15) is 4.31 Å². The number of hydrogen-bond acceptors (Lipinski definition) is 6. The molecule has 0 bridgehead atoms. The fourth-order valence-corrected chi connectivity index (χ4v) is 5.25. The Labute approximate surface area is 174 Å². The van der Waals surface area contributed by atoms with Crippen molar-refractivity contribution < 1.29 is 31.9 Å². The largest absolute Gasteiger partial charge is 0.464 e. The van der Waals surface area contributed by atoms with E-state index in [1.54, 1.807) is 32.9 Å². The lowest BCUT2D eigenvalue weighted by Crippen LogP contribution is -2.43. The van der Waals surface area contributed by atoms with Gasteiger partial charge in [-0.15, -0.1) is 0 Å². The zero-order valence-corrected chi connectivity index (χ0v) is 17.6. The molecule has 1 heterocycles. The summed E-state index contributed by atoms with van der Waals surface area (Å²) in [5, 5.41) is 0. The normalized spacial score (nSPS) is 19.7. The standard InChI is InChI=1S/C21H22FNO6S/c1-4-28-19(24)21(20(25)29-5-2)18(15-8-10-16(22)11-9-15)23(21)30(26,27)17-12-6-14(3)7-13-17/h6-13,18H,4-5H2,1-3H3. The molecule has 0 N–H and O–H groups in total. The summed E-state index contributed by atoms with van der Waals surface area (Å²) in [6.07, 6.45) is 0. The van der Waals surface area contributed by atoms with Crippen LogP contribution in [-0.4, -0.2) is 43.4 Å². The van der Waals surface area contributed by atoms with Crippen LogP contribution >= 0.6 is 0 Å². The zero-order chi connectivity index (χ0) is 22.1. The van der Waals surface area contributed by atoms with Crippen molar-refractivity contribution in [2.75, 3.05) is 13.2 Å². The molecule has 1 saturated heterocycles.